The summed E-state index contributed by atoms with van der Waals surface area (Å²) in [4.78, 5) is 4.81. The monoisotopic (exact) mass is 530 g/mol. The van der Waals surface area contributed by atoms with Gasteiger partial charge in [0.15, 0.2) is 0 Å². The van der Waals surface area contributed by atoms with E-state index in [-0.39, 0.29) is 5.41 Å². The van der Waals surface area contributed by atoms with Gasteiger partial charge in [-0.1, -0.05) is 92.7 Å². The number of anilines is 6. The van der Waals surface area contributed by atoms with E-state index in [2.05, 4.69) is 169 Å². The van der Waals surface area contributed by atoms with Crippen LogP contribution in [0.4, 0.5) is 34.1 Å². The van der Waals surface area contributed by atoms with Gasteiger partial charge in [-0.2, -0.15) is 0 Å². The lowest BCUT2D eigenvalue weighted by Crippen LogP contribution is -2.25. The zero-order valence-electron chi connectivity index (χ0n) is 23.7. The van der Waals surface area contributed by atoms with Crippen LogP contribution in [0.25, 0.3) is 10.8 Å². The SMILES string of the molecule is CC1(C)CCc2c(N(c3ccccc3)c3ccccc3)ccc3cc(N(c4ccccc4)c4ccccc4)cc1c23. The third kappa shape index (κ3) is 4.56. The summed E-state index contributed by atoms with van der Waals surface area (Å²) in [7, 11) is 0. The maximum Gasteiger partial charge on any atom is 0.0500 e. The van der Waals surface area contributed by atoms with Crippen LogP contribution in [0.2, 0.25) is 0 Å². The molecule has 2 heteroatoms. The van der Waals surface area contributed by atoms with Gasteiger partial charge in [0.05, 0.1) is 0 Å². The van der Waals surface area contributed by atoms with Crippen molar-refractivity contribution in [3.05, 3.63) is 157 Å². The molecule has 0 radical (unpaired) electrons. The average Bonchev–Trinajstić information content (AvgIpc) is 3.02. The normalized spacial score (nSPS) is 13.6. The average molecular weight is 531 g/mol. The van der Waals surface area contributed by atoms with E-state index >= 15 is 0 Å². The molecule has 0 spiro atoms. The van der Waals surface area contributed by atoms with Crippen molar-refractivity contribution >= 4 is 44.9 Å². The van der Waals surface area contributed by atoms with E-state index in [1.807, 2.05) is 0 Å². The Morgan fingerprint density at radius 2 is 0.951 bits per heavy atom. The molecule has 200 valence electrons. The predicted molar refractivity (Wildman–Crippen MR) is 175 cm³/mol. The molecule has 0 fully saturated rings. The minimum atomic E-state index is 0.0588. The van der Waals surface area contributed by atoms with Crippen molar-refractivity contribution in [2.45, 2.75) is 32.1 Å². The summed E-state index contributed by atoms with van der Waals surface area (Å²) in [5.74, 6) is 0. The number of benzene rings is 6. The smallest absolute Gasteiger partial charge is 0.0500 e. The van der Waals surface area contributed by atoms with Crippen molar-refractivity contribution in [2.24, 2.45) is 0 Å². The van der Waals surface area contributed by atoms with Crippen LogP contribution in [0.5, 0.6) is 0 Å². The van der Waals surface area contributed by atoms with Gasteiger partial charge in [0.25, 0.3) is 0 Å². The second kappa shape index (κ2) is 10.3. The van der Waals surface area contributed by atoms with Crippen LogP contribution in [-0.2, 0) is 11.8 Å². The molecule has 0 heterocycles. The Labute approximate surface area is 243 Å². The molecule has 0 unspecified atom stereocenters. The van der Waals surface area contributed by atoms with Crippen LogP contribution in [0, 0.1) is 0 Å². The molecule has 7 rings (SSSR count). The van der Waals surface area contributed by atoms with E-state index in [0.717, 1.165) is 24.2 Å². The van der Waals surface area contributed by atoms with E-state index in [4.69, 9.17) is 0 Å². The highest BCUT2D eigenvalue weighted by Crippen LogP contribution is 2.49. The van der Waals surface area contributed by atoms with Gasteiger partial charge in [-0.25, -0.2) is 0 Å². The first kappa shape index (κ1) is 25.2. The maximum atomic E-state index is 2.45. The number of hydrogen-bond acceptors (Lipinski definition) is 2. The number of rotatable bonds is 6. The minimum Gasteiger partial charge on any atom is -0.310 e. The first-order chi connectivity index (χ1) is 20.1. The summed E-state index contributed by atoms with van der Waals surface area (Å²) >= 11 is 0. The third-order valence-corrected chi connectivity index (χ3v) is 8.47. The molecule has 0 aromatic heterocycles. The molecule has 0 N–H and O–H groups in total. The van der Waals surface area contributed by atoms with Crippen LogP contribution in [0.3, 0.4) is 0 Å². The fraction of sp³-hybridized carbons (Fsp3) is 0.128. The zero-order valence-corrected chi connectivity index (χ0v) is 23.7. The van der Waals surface area contributed by atoms with Gasteiger partial charge in [0.2, 0.25) is 0 Å². The van der Waals surface area contributed by atoms with Crippen molar-refractivity contribution in [1.82, 2.24) is 0 Å². The molecular formula is C39H34N2. The fourth-order valence-corrected chi connectivity index (χ4v) is 6.39. The standard InChI is InChI=1S/C39H34N2/c1-39(2)26-25-35-37(41(32-19-11-5-12-20-32)33-21-13-6-14-22-33)24-23-29-27-34(28-36(39)38(29)35)40(30-15-7-3-8-16-30)31-17-9-4-10-18-31/h3-24,27-28H,25-26H2,1-2H3. The minimum absolute atomic E-state index is 0.0588. The number of hydrogen-bond donors (Lipinski definition) is 0. The van der Waals surface area contributed by atoms with Crippen LogP contribution < -0.4 is 9.80 Å². The lowest BCUT2D eigenvalue weighted by Gasteiger charge is -2.37. The van der Waals surface area contributed by atoms with Crippen LogP contribution >= 0.6 is 0 Å². The molecule has 2 nitrogen and oxygen atoms in total. The van der Waals surface area contributed by atoms with Crippen molar-refractivity contribution < 1.29 is 0 Å². The molecule has 41 heavy (non-hydrogen) atoms. The van der Waals surface area contributed by atoms with Crippen LogP contribution in [-0.4, -0.2) is 0 Å². The summed E-state index contributed by atoms with van der Waals surface area (Å²) in [6.45, 7) is 4.81. The van der Waals surface area contributed by atoms with Crippen molar-refractivity contribution in [3.8, 4) is 0 Å². The summed E-state index contributed by atoms with van der Waals surface area (Å²) in [6, 6.07) is 52.4. The van der Waals surface area contributed by atoms with Crippen molar-refractivity contribution in [3.63, 3.8) is 0 Å². The zero-order chi connectivity index (χ0) is 27.8. The Morgan fingerprint density at radius 3 is 1.44 bits per heavy atom. The Balaban J connectivity index is 1.47. The lowest BCUT2D eigenvalue weighted by molar-refractivity contribution is 0.475. The first-order valence-electron chi connectivity index (χ1n) is 14.5. The molecule has 1 aliphatic rings. The summed E-state index contributed by atoms with van der Waals surface area (Å²) < 4.78 is 0. The van der Waals surface area contributed by atoms with Gasteiger partial charge in [0, 0.05) is 34.1 Å². The fourth-order valence-electron chi connectivity index (χ4n) is 6.39. The topological polar surface area (TPSA) is 6.48 Å². The van der Waals surface area contributed by atoms with E-state index in [0.29, 0.717) is 0 Å². The maximum absolute atomic E-state index is 2.45. The largest absolute Gasteiger partial charge is 0.310 e. The van der Waals surface area contributed by atoms with Gasteiger partial charge >= 0.3 is 0 Å². The number of para-hydroxylation sites is 4. The Hall–Kier alpha value is -4.82. The highest BCUT2D eigenvalue weighted by molar-refractivity contribution is 6.00. The Bertz CT molecular complexity index is 1710. The van der Waals surface area contributed by atoms with E-state index in [1.54, 1.807) is 0 Å². The molecule has 1 aliphatic carbocycles. The van der Waals surface area contributed by atoms with Gasteiger partial charge in [-0.05, 0) is 107 Å². The highest BCUT2D eigenvalue weighted by Gasteiger charge is 2.32. The molecular weight excluding hydrogens is 496 g/mol. The van der Waals surface area contributed by atoms with Crippen molar-refractivity contribution in [2.75, 3.05) is 9.80 Å². The second-order valence-electron chi connectivity index (χ2n) is 11.6. The summed E-state index contributed by atoms with van der Waals surface area (Å²) in [5, 5.41) is 2.70. The summed E-state index contributed by atoms with van der Waals surface area (Å²) in [6.07, 6.45) is 2.15. The van der Waals surface area contributed by atoms with Gasteiger partial charge in [-0.3, -0.25) is 0 Å². The van der Waals surface area contributed by atoms with Gasteiger partial charge in [-0.15, -0.1) is 0 Å². The van der Waals surface area contributed by atoms with E-state index < -0.39 is 0 Å². The van der Waals surface area contributed by atoms with Crippen molar-refractivity contribution in [1.29, 1.82) is 0 Å². The van der Waals surface area contributed by atoms with Gasteiger partial charge < -0.3 is 9.80 Å². The first-order valence-corrected chi connectivity index (χ1v) is 14.5. The second-order valence-corrected chi connectivity index (χ2v) is 11.6. The molecule has 0 bridgehead atoms. The van der Waals surface area contributed by atoms with Crippen LogP contribution in [0.15, 0.2) is 146 Å². The van der Waals surface area contributed by atoms with Crippen LogP contribution in [0.1, 0.15) is 31.4 Å². The molecule has 6 aromatic rings. The molecule has 6 aromatic carbocycles. The molecule has 0 atom stereocenters. The van der Waals surface area contributed by atoms with E-state index in [1.165, 1.54) is 44.6 Å². The molecule has 0 aliphatic heterocycles. The quantitative estimate of drug-likeness (QED) is 0.211. The lowest BCUT2D eigenvalue weighted by atomic mass is 9.71. The highest BCUT2D eigenvalue weighted by atomic mass is 15.1. The van der Waals surface area contributed by atoms with E-state index in [9.17, 15) is 0 Å². The third-order valence-electron chi connectivity index (χ3n) is 8.47. The number of nitrogens with zero attached hydrogens (tertiary/aromatic N) is 2. The molecule has 0 saturated heterocycles. The van der Waals surface area contributed by atoms with Gasteiger partial charge in [0.1, 0.15) is 0 Å². The number of aryl methyl sites for hydroxylation is 1. The molecule has 0 saturated carbocycles. The summed E-state index contributed by atoms with van der Waals surface area (Å²) in [5.41, 5.74) is 10.1. The molecule has 0 amide bonds. The Morgan fingerprint density at radius 1 is 0.488 bits per heavy atom. The Kier molecular flexibility index (Phi) is 6.32. The predicted octanol–water partition coefficient (Wildman–Crippen LogP) is 11.0.